The van der Waals surface area contributed by atoms with Gasteiger partial charge in [0.1, 0.15) is 0 Å². The maximum atomic E-state index is 2.43. The SMILES string of the molecule is CN(Cc1ccccc1)c1ccccc1C[Si](C)(C)C. The molecular weight excluding hydrogens is 258 g/mol. The molecule has 0 heterocycles. The van der Waals surface area contributed by atoms with Gasteiger partial charge in [0.05, 0.1) is 0 Å². The van der Waals surface area contributed by atoms with Crippen LogP contribution in [0.3, 0.4) is 0 Å². The molecule has 20 heavy (non-hydrogen) atoms. The molecule has 0 aliphatic carbocycles. The Morgan fingerprint density at radius 2 is 1.45 bits per heavy atom. The van der Waals surface area contributed by atoms with Gasteiger partial charge in [-0.3, -0.25) is 0 Å². The number of anilines is 1. The number of benzene rings is 2. The number of hydrogen-bond donors (Lipinski definition) is 0. The van der Waals surface area contributed by atoms with Crippen molar-refractivity contribution in [3.63, 3.8) is 0 Å². The molecule has 0 aliphatic heterocycles. The van der Waals surface area contributed by atoms with Gasteiger partial charge < -0.3 is 4.90 Å². The summed E-state index contributed by atoms with van der Waals surface area (Å²) in [5, 5.41) is 0. The number of nitrogens with zero attached hydrogens (tertiary/aromatic N) is 1. The molecule has 106 valence electrons. The van der Waals surface area contributed by atoms with Gasteiger partial charge in [0.2, 0.25) is 0 Å². The highest BCUT2D eigenvalue weighted by Gasteiger charge is 2.17. The Bertz CT molecular complexity index is 543. The van der Waals surface area contributed by atoms with E-state index in [1.807, 2.05) is 0 Å². The first kappa shape index (κ1) is 14.9. The Balaban J connectivity index is 2.19. The molecule has 0 saturated heterocycles. The molecule has 0 N–H and O–H groups in total. The third kappa shape index (κ3) is 4.24. The third-order valence-corrected chi connectivity index (χ3v) is 4.83. The lowest BCUT2D eigenvalue weighted by molar-refractivity contribution is 0.915. The number of hydrogen-bond acceptors (Lipinski definition) is 1. The summed E-state index contributed by atoms with van der Waals surface area (Å²) in [5.41, 5.74) is 4.22. The first-order chi connectivity index (χ1) is 9.46. The largest absolute Gasteiger partial charge is 0.370 e. The molecule has 0 atom stereocenters. The van der Waals surface area contributed by atoms with Gasteiger partial charge in [-0.2, -0.15) is 0 Å². The van der Waals surface area contributed by atoms with Crippen LogP contribution in [0.2, 0.25) is 19.6 Å². The molecule has 0 saturated carbocycles. The lowest BCUT2D eigenvalue weighted by atomic mass is 10.1. The molecule has 0 aromatic heterocycles. The van der Waals surface area contributed by atoms with Crippen LogP contribution in [-0.4, -0.2) is 15.1 Å². The van der Waals surface area contributed by atoms with Gasteiger partial charge in [-0.15, -0.1) is 0 Å². The summed E-state index contributed by atoms with van der Waals surface area (Å²) in [6.07, 6.45) is 0. The normalized spacial score (nSPS) is 11.4. The lowest BCUT2D eigenvalue weighted by Gasteiger charge is -2.25. The van der Waals surface area contributed by atoms with Crippen molar-refractivity contribution in [2.75, 3.05) is 11.9 Å². The minimum absolute atomic E-state index is 0.962. The molecule has 0 unspecified atom stereocenters. The van der Waals surface area contributed by atoms with Crippen molar-refractivity contribution in [1.82, 2.24) is 0 Å². The van der Waals surface area contributed by atoms with Crippen molar-refractivity contribution in [3.8, 4) is 0 Å². The standard InChI is InChI=1S/C18H25NSi/c1-19(14-16-10-6-5-7-11-16)18-13-9-8-12-17(18)15-20(2,3)4/h5-13H,14-15H2,1-4H3. The fraction of sp³-hybridized carbons (Fsp3) is 0.333. The Morgan fingerprint density at radius 1 is 0.850 bits per heavy atom. The van der Waals surface area contributed by atoms with E-state index in [0.717, 1.165) is 6.54 Å². The van der Waals surface area contributed by atoms with Gasteiger partial charge in [-0.05, 0) is 23.2 Å². The predicted octanol–water partition coefficient (Wildman–Crippen LogP) is 4.74. The quantitative estimate of drug-likeness (QED) is 0.716. The summed E-state index contributed by atoms with van der Waals surface area (Å²) in [6.45, 7) is 8.26. The van der Waals surface area contributed by atoms with Crippen LogP contribution < -0.4 is 4.90 Å². The molecule has 0 fully saturated rings. The van der Waals surface area contributed by atoms with E-state index in [2.05, 4.69) is 86.2 Å². The summed E-state index contributed by atoms with van der Waals surface area (Å²) in [7, 11) is 1.10. The zero-order chi connectivity index (χ0) is 14.6. The predicted molar refractivity (Wildman–Crippen MR) is 92.0 cm³/mol. The molecule has 0 aliphatic rings. The Kier molecular flexibility index (Phi) is 4.66. The molecule has 0 radical (unpaired) electrons. The minimum atomic E-state index is -1.09. The highest BCUT2D eigenvalue weighted by atomic mass is 28.3. The topological polar surface area (TPSA) is 3.24 Å². The third-order valence-electron chi connectivity index (χ3n) is 3.39. The van der Waals surface area contributed by atoms with Crippen LogP contribution in [0, 0.1) is 0 Å². The van der Waals surface area contributed by atoms with Crippen molar-refractivity contribution < 1.29 is 0 Å². The first-order valence-electron chi connectivity index (χ1n) is 7.29. The van der Waals surface area contributed by atoms with Gasteiger partial charge in [0.25, 0.3) is 0 Å². The molecule has 2 heteroatoms. The van der Waals surface area contributed by atoms with E-state index in [0.29, 0.717) is 0 Å². The van der Waals surface area contributed by atoms with Crippen molar-refractivity contribution >= 4 is 13.8 Å². The maximum absolute atomic E-state index is 2.43. The first-order valence-corrected chi connectivity index (χ1v) is 11.0. The molecule has 1 nitrogen and oxygen atoms in total. The van der Waals surface area contributed by atoms with E-state index in [1.54, 1.807) is 0 Å². The van der Waals surface area contributed by atoms with E-state index >= 15 is 0 Å². The van der Waals surface area contributed by atoms with Crippen LogP contribution in [0.25, 0.3) is 0 Å². The molecule has 0 spiro atoms. The maximum Gasteiger partial charge on any atom is 0.0488 e. The fourth-order valence-electron chi connectivity index (χ4n) is 2.55. The van der Waals surface area contributed by atoms with Crippen molar-refractivity contribution in [3.05, 3.63) is 65.7 Å². The van der Waals surface area contributed by atoms with Crippen LogP contribution in [0.15, 0.2) is 54.6 Å². The number of para-hydroxylation sites is 1. The fourth-order valence-corrected chi connectivity index (χ4v) is 3.99. The summed E-state index contributed by atoms with van der Waals surface area (Å²) in [4.78, 5) is 2.37. The van der Waals surface area contributed by atoms with Crippen molar-refractivity contribution in [2.24, 2.45) is 0 Å². The summed E-state index contributed by atoms with van der Waals surface area (Å²) < 4.78 is 0. The highest BCUT2D eigenvalue weighted by Crippen LogP contribution is 2.24. The molecular formula is C18H25NSi. The van der Waals surface area contributed by atoms with Gasteiger partial charge in [-0.1, -0.05) is 68.2 Å². The summed E-state index contributed by atoms with van der Waals surface area (Å²) in [5.74, 6) is 0. The van der Waals surface area contributed by atoms with Gasteiger partial charge in [-0.25, -0.2) is 0 Å². The van der Waals surface area contributed by atoms with Gasteiger partial charge in [0.15, 0.2) is 0 Å². The monoisotopic (exact) mass is 283 g/mol. The smallest absolute Gasteiger partial charge is 0.0488 e. The second-order valence-corrected chi connectivity index (χ2v) is 12.2. The average molecular weight is 283 g/mol. The van der Waals surface area contributed by atoms with Crippen molar-refractivity contribution in [1.29, 1.82) is 0 Å². The Hall–Kier alpha value is -1.54. The zero-order valence-corrected chi connectivity index (χ0v) is 14.1. The molecule has 2 aromatic rings. The van der Waals surface area contributed by atoms with E-state index < -0.39 is 8.07 Å². The van der Waals surface area contributed by atoms with Crippen LogP contribution >= 0.6 is 0 Å². The van der Waals surface area contributed by atoms with E-state index in [-0.39, 0.29) is 0 Å². The second kappa shape index (κ2) is 6.27. The molecule has 0 amide bonds. The van der Waals surface area contributed by atoms with Crippen molar-refractivity contribution in [2.45, 2.75) is 32.2 Å². The highest BCUT2D eigenvalue weighted by molar-refractivity contribution is 6.75. The minimum Gasteiger partial charge on any atom is -0.370 e. The summed E-state index contributed by atoms with van der Waals surface area (Å²) >= 11 is 0. The van der Waals surface area contributed by atoms with Crippen LogP contribution in [0.1, 0.15) is 11.1 Å². The van der Waals surface area contributed by atoms with Gasteiger partial charge in [0, 0.05) is 27.4 Å². The molecule has 2 aromatic carbocycles. The average Bonchev–Trinajstić information content (AvgIpc) is 2.38. The Labute approximate surface area is 124 Å². The van der Waals surface area contributed by atoms with Gasteiger partial charge >= 0.3 is 0 Å². The zero-order valence-electron chi connectivity index (χ0n) is 13.1. The van der Waals surface area contributed by atoms with E-state index in [4.69, 9.17) is 0 Å². The molecule has 2 rings (SSSR count). The summed E-state index contributed by atoms with van der Waals surface area (Å²) in [6, 6.07) is 20.8. The van der Waals surface area contributed by atoms with E-state index in [1.165, 1.54) is 22.9 Å². The van der Waals surface area contributed by atoms with E-state index in [9.17, 15) is 0 Å². The lowest BCUT2D eigenvalue weighted by Crippen LogP contribution is -2.26. The molecule has 0 bridgehead atoms. The van der Waals surface area contributed by atoms with Crippen LogP contribution in [0.4, 0.5) is 5.69 Å². The second-order valence-electron chi connectivity index (χ2n) is 6.71. The van der Waals surface area contributed by atoms with Crippen LogP contribution in [0.5, 0.6) is 0 Å². The number of rotatable bonds is 5. The Morgan fingerprint density at radius 3 is 2.10 bits per heavy atom. The van der Waals surface area contributed by atoms with Crippen LogP contribution in [-0.2, 0) is 12.6 Å².